The average Bonchev–Trinajstić information content (AvgIpc) is 3.05. The molecule has 1 aromatic carbocycles. The number of carbonyl (C=O) groups excluding carboxylic acids is 2. The highest BCUT2D eigenvalue weighted by Crippen LogP contribution is 2.20. The summed E-state index contributed by atoms with van der Waals surface area (Å²) in [5, 5.41) is 5.76. The van der Waals surface area contributed by atoms with Crippen LogP contribution in [0.5, 0.6) is 0 Å². The monoisotopic (exact) mass is 379 g/mol. The number of hydrogen-bond donors (Lipinski definition) is 2. The van der Waals surface area contributed by atoms with Crippen molar-refractivity contribution in [3.05, 3.63) is 65.2 Å². The van der Waals surface area contributed by atoms with Crippen LogP contribution in [0.1, 0.15) is 32.2 Å². The van der Waals surface area contributed by atoms with E-state index in [1.54, 1.807) is 22.7 Å². The maximum Gasteiger partial charge on any atom is 0.292 e. The Bertz CT molecular complexity index is 1020. The Morgan fingerprint density at radius 2 is 1.86 bits per heavy atom. The predicted octanol–water partition coefficient (Wildman–Crippen LogP) is 2.49. The van der Waals surface area contributed by atoms with Crippen LogP contribution < -0.4 is 10.6 Å². The molecule has 3 rings (SSSR count). The summed E-state index contributed by atoms with van der Waals surface area (Å²) in [5.41, 5.74) is 3.65. The Hall–Kier alpha value is -3.19. The van der Waals surface area contributed by atoms with E-state index < -0.39 is 0 Å². The third-order valence-electron chi connectivity index (χ3n) is 4.66. The minimum absolute atomic E-state index is 0.175. The Labute approximate surface area is 164 Å². The van der Waals surface area contributed by atoms with E-state index in [1.165, 1.54) is 0 Å². The van der Waals surface area contributed by atoms with Gasteiger partial charge in [-0.3, -0.25) is 14.0 Å². The quantitative estimate of drug-likeness (QED) is 0.690. The maximum absolute atomic E-state index is 12.9. The number of nitrogens with zero attached hydrogens (tertiary/aromatic N) is 3. The zero-order chi connectivity index (χ0) is 20.3. The van der Waals surface area contributed by atoms with Gasteiger partial charge in [-0.2, -0.15) is 0 Å². The first kappa shape index (κ1) is 19.6. The van der Waals surface area contributed by atoms with Gasteiger partial charge in [-0.25, -0.2) is 4.98 Å². The van der Waals surface area contributed by atoms with Crippen molar-refractivity contribution in [2.45, 2.75) is 13.8 Å². The molecule has 0 bridgehead atoms. The molecule has 0 atom stereocenters. The maximum atomic E-state index is 12.9. The summed E-state index contributed by atoms with van der Waals surface area (Å²) in [4.78, 5) is 31.8. The summed E-state index contributed by atoms with van der Waals surface area (Å²) in [6.45, 7) is 5.17. The van der Waals surface area contributed by atoms with Crippen LogP contribution in [0.4, 0.5) is 5.69 Å². The van der Waals surface area contributed by atoms with Crippen molar-refractivity contribution in [1.29, 1.82) is 0 Å². The fourth-order valence-electron chi connectivity index (χ4n) is 2.91. The molecular weight excluding hydrogens is 354 g/mol. The lowest BCUT2D eigenvalue weighted by atomic mass is 10.1. The van der Waals surface area contributed by atoms with Gasteiger partial charge in [0, 0.05) is 25.0 Å². The van der Waals surface area contributed by atoms with Crippen molar-refractivity contribution in [2.75, 3.05) is 32.5 Å². The van der Waals surface area contributed by atoms with E-state index in [0.717, 1.165) is 23.4 Å². The van der Waals surface area contributed by atoms with Crippen LogP contribution in [0.3, 0.4) is 0 Å². The molecule has 2 N–H and O–H groups in total. The number of likely N-dealkylation sites (N-methyl/N-ethyl adjacent to an activating group) is 1. The molecule has 0 fully saturated rings. The number of pyridine rings is 1. The van der Waals surface area contributed by atoms with Gasteiger partial charge in [0.05, 0.1) is 5.52 Å². The summed E-state index contributed by atoms with van der Waals surface area (Å²) < 4.78 is 1.64. The third kappa shape index (κ3) is 4.04. The van der Waals surface area contributed by atoms with Crippen LogP contribution in [0.15, 0.2) is 42.6 Å². The molecule has 7 nitrogen and oxygen atoms in total. The van der Waals surface area contributed by atoms with Gasteiger partial charge in [0.2, 0.25) is 5.82 Å². The summed E-state index contributed by atoms with van der Waals surface area (Å²) in [6.07, 6.45) is 1.73. The van der Waals surface area contributed by atoms with Crippen LogP contribution in [0.25, 0.3) is 5.52 Å². The van der Waals surface area contributed by atoms with Crippen LogP contribution in [-0.2, 0) is 0 Å². The highest BCUT2D eigenvalue weighted by atomic mass is 16.2. The van der Waals surface area contributed by atoms with Gasteiger partial charge in [-0.1, -0.05) is 18.2 Å². The second kappa shape index (κ2) is 8.22. The Morgan fingerprint density at radius 1 is 1.07 bits per heavy atom. The second-order valence-corrected chi connectivity index (χ2v) is 7.00. The first-order valence-corrected chi connectivity index (χ1v) is 9.16. The molecule has 0 radical (unpaired) electrons. The minimum Gasteiger partial charge on any atom is -0.349 e. The molecule has 146 valence electrons. The van der Waals surface area contributed by atoms with Crippen molar-refractivity contribution in [3.8, 4) is 0 Å². The van der Waals surface area contributed by atoms with Gasteiger partial charge in [0.15, 0.2) is 5.69 Å². The molecule has 0 saturated carbocycles. The van der Waals surface area contributed by atoms with Crippen molar-refractivity contribution < 1.29 is 9.59 Å². The first-order valence-electron chi connectivity index (χ1n) is 9.16. The minimum atomic E-state index is -0.359. The average molecular weight is 379 g/mol. The van der Waals surface area contributed by atoms with Crippen molar-refractivity contribution >= 4 is 23.0 Å². The van der Waals surface area contributed by atoms with E-state index in [-0.39, 0.29) is 23.3 Å². The largest absolute Gasteiger partial charge is 0.349 e. The van der Waals surface area contributed by atoms with E-state index in [2.05, 4.69) is 15.6 Å². The number of imidazole rings is 1. The number of anilines is 1. The van der Waals surface area contributed by atoms with Crippen LogP contribution in [0, 0.1) is 13.8 Å². The second-order valence-electron chi connectivity index (χ2n) is 7.00. The topological polar surface area (TPSA) is 78.7 Å². The number of benzene rings is 1. The van der Waals surface area contributed by atoms with Gasteiger partial charge >= 0.3 is 0 Å². The summed E-state index contributed by atoms with van der Waals surface area (Å²) in [5.74, 6) is -0.479. The van der Waals surface area contributed by atoms with Crippen LogP contribution >= 0.6 is 0 Å². The predicted molar refractivity (Wildman–Crippen MR) is 110 cm³/mol. The molecular formula is C21H25N5O2. The first-order chi connectivity index (χ1) is 13.4. The number of carbonyl (C=O) groups is 2. The lowest BCUT2D eigenvalue weighted by molar-refractivity contribution is 0.0948. The van der Waals surface area contributed by atoms with Gasteiger partial charge < -0.3 is 15.5 Å². The fourth-order valence-corrected chi connectivity index (χ4v) is 2.91. The van der Waals surface area contributed by atoms with Crippen LogP contribution in [0.2, 0.25) is 0 Å². The Balaban J connectivity index is 1.90. The SMILES string of the molecule is Cc1cccc(NC(=O)c2nc(C(=O)NCCN(C)C)c3ccccn23)c1C. The molecule has 7 heteroatoms. The van der Waals surface area contributed by atoms with E-state index >= 15 is 0 Å². The number of rotatable bonds is 6. The Morgan fingerprint density at radius 3 is 2.61 bits per heavy atom. The number of hydrogen-bond acceptors (Lipinski definition) is 4. The standard InChI is InChI=1S/C21H25N5O2/c1-14-8-7-9-16(15(14)2)23-21(28)19-24-18(17-10-5-6-12-26(17)19)20(27)22-11-13-25(3)4/h5-10,12H,11,13H2,1-4H3,(H,22,27)(H,23,28). The van der Waals surface area contributed by atoms with E-state index in [0.29, 0.717) is 12.1 Å². The van der Waals surface area contributed by atoms with E-state index in [1.807, 2.05) is 57.1 Å². The lowest BCUT2D eigenvalue weighted by Gasteiger charge is -2.09. The molecule has 2 amide bonds. The third-order valence-corrected chi connectivity index (χ3v) is 4.66. The summed E-state index contributed by atoms with van der Waals surface area (Å²) >= 11 is 0. The van der Waals surface area contributed by atoms with E-state index in [9.17, 15) is 9.59 Å². The molecule has 0 aliphatic heterocycles. The molecule has 0 aliphatic rings. The molecule has 0 spiro atoms. The molecule has 0 unspecified atom stereocenters. The van der Waals surface area contributed by atoms with Gasteiger partial charge in [-0.05, 0) is 57.3 Å². The van der Waals surface area contributed by atoms with Gasteiger partial charge in [-0.15, -0.1) is 0 Å². The van der Waals surface area contributed by atoms with Crippen LogP contribution in [-0.4, -0.2) is 53.3 Å². The van der Waals surface area contributed by atoms with Crippen molar-refractivity contribution in [2.24, 2.45) is 0 Å². The van der Waals surface area contributed by atoms with E-state index in [4.69, 9.17) is 0 Å². The van der Waals surface area contributed by atoms with Gasteiger partial charge in [0.25, 0.3) is 11.8 Å². The molecule has 2 heterocycles. The number of nitrogens with one attached hydrogen (secondary N) is 2. The zero-order valence-electron chi connectivity index (χ0n) is 16.6. The molecule has 0 aliphatic carbocycles. The number of aromatic nitrogens is 2. The summed E-state index contributed by atoms with van der Waals surface area (Å²) in [6, 6.07) is 11.1. The highest BCUT2D eigenvalue weighted by Gasteiger charge is 2.21. The Kier molecular flexibility index (Phi) is 5.75. The molecule has 3 aromatic rings. The lowest BCUT2D eigenvalue weighted by Crippen LogP contribution is -2.31. The van der Waals surface area contributed by atoms with Crippen molar-refractivity contribution in [3.63, 3.8) is 0 Å². The normalized spacial score (nSPS) is 11.0. The highest BCUT2D eigenvalue weighted by molar-refractivity contribution is 6.06. The number of aryl methyl sites for hydroxylation is 1. The number of fused-ring (bicyclic) bond motifs is 1. The zero-order valence-corrected chi connectivity index (χ0v) is 16.6. The molecule has 0 saturated heterocycles. The molecule has 2 aromatic heterocycles. The van der Waals surface area contributed by atoms with Gasteiger partial charge in [0.1, 0.15) is 0 Å². The number of amides is 2. The fraction of sp³-hybridized carbons (Fsp3) is 0.286. The molecule has 28 heavy (non-hydrogen) atoms. The smallest absolute Gasteiger partial charge is 0.292 e. The summed E-state index contributed by atoms with van der Waals surface area (Å²) in [7, 11) is 3.88. The van der Waals surface area contributed by atoms with Crippen molar-refractivity contribution in [1.82, 2.24) is 19.6 Å².